The van der Waals surface area contributed by atoms with Crippen LogP contribution in [-0.2, 0) is 4.79 Å². The number of carbonyl (C=O) groups excluding carboxylic acids is 1. The summed E-state index contributed by atoms with van der Waals surface area (Å²) in [5.74, 6) is -0.597. The summed E-state index contributed by atoms with van der Waals surface area (Å²) in [7, 11) is 0. The molecule has 17 heavy (non-hydrogen) atoms. The van der Waals surface area contributed by atoms with Gasteiger partial charge in [0.1, 0.15) is 0 Å². The fourth-order valence-corrected chi connectivity index (χ4v) is 1.63. The Bertz CT molecular complexity index is 635. The van der Waals surface area contributed by atoms with Crippen LogP contribution in [0.3, 0.4) is 0 Å². The highest BCUT2D eigenvalue weighted by molar-refractivity contribution is 5.96. The van der Waals surface area contributed by atoms with E-state index < -0.39 is 5.91 Å². The van der Waals surface area contributed by atoms with Crippen molar-refractivity contribution in [3.05, 3.63) is 64.5 Å². The predicted octanol–water partition coefficient (Wildman–Crippen LogP) is 3.69. The Hall–Kier alpha value is -2.58. The van der Waals surface area contributed by atoms with Gasteiger partial charge in [0.25, 0.3) is 0 Å². The van der Waals surface area contributed by atoms with Crippen LogP contribution in [0.4, 0.5) is 0 Å². The van der Waals surface area contributed by atoms with E-state index >= 15 is 0 Å². The molecule has 2 aromatic rings. The number of azide groups is 1. The molecule has 0 unspecified atom stereocenters. The van der Waals surface area contributed by atoms with Gasteiger partial charge in [-0.25, -0.2) is 0 Å². The Kier molecular flexibility index (Phi) is 3.19. The van der Waals surface area contributed by atoms with Crippen molar-refractivity contribution in [3.8, 4) is 0 Å². The van der Waals surface area contributed by atoms with Crippen LogP contribution in [0.1, 0.15) is 5.56 Å². The Balaban J connectivity index is 2.42. The van der Waals surface area contributed by atoms with E-state index in [1.54, 1.807) is 6.08 Å². The summed E-state index contributed by atoms with van der Waals surface area (Å²) in [6, 6.07) is 13.7. The molecule has 82 valence electrons. The van der Waals surface area contributed by atoms with E-state index in [1.165, 1.54) is 6.08 Å². The molecule has 0 aliphatic rings. The highest BCUT2D eigenvalue weighted by atomic mass is 16.1. The summed E-state index contributed by atoms with van der Waals surface area (Å²) in [6.45, 7) is 0. The molecular weight excluding hydrogens is 214 g/mol. The number of hydrogen-bond donors (Lipinski definition) is 0. The molecule has 0 aromatic heterocycles. The molecule has 0 atom stereocenters. The second-order valence-electron chi connectivity index (χ2n) is 3.43. The third-order valence-corrected chi connectivity index (χ3v) is 2.37. The Morgan fingerprint density at radius 1 is 1.18 bits per heavy atom. The van der Waals surface area contributed by atoms with Crippen molar-refractivity contribution in [2.24, 2.45) is 5.11 Å². The van der Waals surface area contributed by atoms with Gasteiger partial charge in [0, 0.05) is 4.91 Å². The van der Waals surface area contributed by atoms with E-state index in [0.717, 1.165) is 16.3 Å². The smallest absolute Gasteiger partial charge is 0.242 e. The fourth-order valence-electron chi connectivity index (χ4n) is 1.63. The zero-order chi connectivity index (χ0) is 12.1. The number of nitrogens with zero attached hydrogens (tertiary/aromatic N) is 3. The SMILES string of the molecule is [N-]=[N+]=NC(=O)/C=C/c1cccc2ccccc12. The van der Waals surface area contributed by atoms with Gasteiger partial charge in [-0.05, 0) is 33.1 Å². The molecule has 4 heteroatoms. The first-order valence-corrected chi connectivity index (χ1v) is 5.06. The van der Waals surface area contributed by atoms with Gasteiger partial charge in [0.15, 0.2) is 0 Å². The highest BCUT2D eigenvalue weighted by Gasteiger charge is 1.97. The minimum absolute atomic E-state index is 0.597. The maximum absolute atomic E-state index is 11.0. The van der Waals surface area contributed by atoms with E-state index in [2.05, 4.69) is 10.0 Å². The molecule has 0 spiro atoms. The van der Waals surface area contributed by atoms with Crippen molar-refractivity contribution in [1.82, 2.24) is 0 Å². The monoisotopic (exact) mass is 223 g/mol. The van der Waals surface area contributed by atoms with Gasteiger partial charge in [-0.15, -0.1) is 0 Å². The van der Waals surface area contributed by atoms with Crippen LogP contribution in [0.2, 0.25) is 0 Å². The third-order valence-electron chi connectivity index (χ3n) is 2.37. The molecule has 2 aromatic carbocycles. The quantitative estimate of drug-likeness (QED) is 0.331. The first-order chi connectivity index (χ1) is 8.31. The summed E-state index contributed by atoms with van der Waals surface area (Å²) in [4.78, 5) is 13.5. The summed E-state index contributed by atoms with van der Waals surface area (Å²) in [5, 5.41) is 5.13. The zero-order valence-corrected chi connectivity index (χ0v) is 8.95. The lowest BCUT2D eigenvalue weighted by molar-refractivity contribution is -0.113. The van der Waals surface area contributed by atoms with Crippen molar-refractivity contribution in [2.75, 3.05) is 0 Å². The molecule has 0 saturated carbocycles. The molecule has 4 nitrogen and oxygen atoms in total. The molecule has 0 aliphatic heterocycles. The van der Waals surface area contributed by atoms with Crippen LogP contribution in [0.15, 0.2) is 53.7 Å². The van der Waals surface area contributed by atoms with E-state index in [1.807, 2.05) is 42.5 Å². The van der Waals surface area contributed by atoms with Crippen molar-refractivity contribution in [1.29, 1.82) is 0 Å². The number of amides is 1. The van der Waals surface area contributed by atoms with Crippen LogP contribution in [0, 0.1) is 0 Å². The van der Waals surface area contributed by atoms with Crippen molar-refractivity contribution < 1.29 is 4.79 Å². The molecule has 0 aliphatic carbocycles. The predicted molar refractivity (Wildman–Crippen MR) is 67.1 cm³/mol. The molecule has 2 rings (SSSR count). The van der Waals surface area contributed by atoms with E-state index in [0.29, 0.717) is 0 Å². The maximum atomic E-state index is 11.0. The molecule has 0 saturated heterocycles. The van der Waals surface area contributed by atoms with Gasteiger partial charge in [-0.3, -0.25) is 4.79 Å². The molecule has 1 amide bonds. The molecule has 0 heterocycles. The minimum atomic E-state index is -0.597. The van der Waals surface area contributed by atoms with Gasteiger partial charge < -0.3 is 0 Å². The summed E-state index contributed by atoms with van der Waals surface area (Å²) < 4.78 is 0. The summed E-state index contributed by atoms with van der Waals surface area (Å²) in [6.07, 6.45) is 2.92. The van der Waals surface area contributed by atoms with Crippen LogP contribution < -0.4 is 0 Å². The highest BCUT2D eigenvalue weighted by Crippen LogP contribution is 2.19. The summed E-state index contributed by atoms with van der Waals surface area (Å²) in [5.41, 5.74) is 9.03. The number of hydrogen-bond acceptors (Lipinski definition) is 1. The lowest BCUT2D eigenvalue weighted by Gasteiger charge is -2.00. The van der Waals surface area contributed by atoms with Gasteiger partial charge in [0.2, 0.25) is 5.91 Å². The van der Waals surface area contributed by atoms with Crippen LogP contribution in [-0.4, -0.2) is 5.91 Å². The van der Waals surface area contributed by atoms with Gasteiger partial charge in [0.05, 0.1) is 0 Å². The largest absolute Gasteiger partial charge is 0.288 e. The second kappa shape index (κ2) is 4.96. The van der Waals surface area contributed by atoms with E-state index in [4.69, 9.17) is 5.53 Å². The fraction of sp³-hybridized carbons (Fsp3) is 0. The van der Waals surface area contributed by atoms with Crippen LogP contribution >= 0.6 is 0 Å². The van der Waals surface area contributed by atoms with Gasteiger partial charge >= 0.3 is 0 Å². The Morgan fingerprint density at radius 2 is 1.94 bits per heavy atom. The number of fused-ring (bicyclic) bond motifs is 1. The second-order valence-corrected chi connectivity index (χ2v) is 3.43. The van der Waals surface area contributed by atoms with Crippen LogP contribution in [0.25, 0.3) is 27.3 Å². The molecule has 0 bridgehead atoms. The molecular formula is C13H9N3O. The van der Waals surface area contributed by atoms with Gasteiger partial charge in [-0.1, -0.05) is 48.5 Å². The van der Waals surface area contributed by atoms with E-state index in [-0.39, 0.29) is 0 Å². The maximum Gasteiger partial charge on any atom is 0.242 e. The normalized spacial score (nSPS) is 10.4. The molecule has 0 radical (unpaired) electrons. The number of carbonyl (C=O) groups is 1. The van der Waals surface area contributed by atoms with Crippen molar-refractivity contribution >= 4 is 22.8 Å². The average molecular weight is 223 g/mol. The zero-order valence-electron chi connectivity index (χ0n) is 8.95. The Morgan fingerprint density at radius 3 is 2.76 bits per heavy atom. The first-order valence-electron chi connectivity index (χ1n) is 5.06. The summed E-state index contributed by atoms with van der Waals surface area (Å²) >= 11 is 0. The topological polar surface area (TPSA) is 65.8 Å². The Labute approximate surface area is 97.8 Å². The lowest BCUT2D eigenvalue weighted by atomic mass is 10.0. The number of benzene rings is 2. The number of rotatable bonds is 2. The van der Waals surface area contributed by atoms with Crippen LogP contribution in [0.5, 0.6) is 0 Å². The van der Waals surface area contributed by atoms with Gasteiger partial charge in [-0.2, -0.15) is 0 Å². The molecule has 0 N–H and O–H groups in total. The van der Waals surface area contributed by atoms with Crippen molar-refractivity contribution in [3.63, 3.8) is 0 Å². The molecule has 0 fully saturated rings. The van der Waals surface area contributed by atoms with E-state index in [9.17, 15) is 4.79 Å². The average Bonchev–Trinajstić information content (AvgIpc) is 2.36. The van der Waals surface area contributed by atoms with Crippen molar-refractivity contribution in [2.45, 2.75) is 0 Å². The first kappa shape index (κ1) is 10.9. The lowest BCUT2D eigenvalue weighted by Crippen LogP contribution is -1.83. The third kappa shape index (κ3) is 2.51. The minimum Gasteiger partial charge on any atom is -0.288 e. The standard InChI is InChI=1S/C13H9N3O/c14-16-15-13(17)9-8-11-6-3-5-10-4-1-2-7-12(10)11/h1-9H/b9-8+.